The van der Waals surface area contributed by atoms with Gasteiger partial charge in [-0.1, -0.05) is 152 Å². The Balaban J connectivity index is 1.22. The van der Waals surface area contributed by atoms with E-state index >= 15 is 0 Å². The van der Waals surface area contributed by atoms with E-state index in [0.717, 1.165) is 45.6 Å². The number of hydrogen-bond acceptors (Lipinski definition) is 2. The second kappa shape index (κ2) is 12.3. The van der Waals surface area contributed by atoms with Crippen LogP contribution in [0.3, 0.4) is 0 Å². The average molecular weight is 691 g/mol. The van der Waals surface area contributed by atoms with Crippen molar-refractivity contribution in [3.63, 3.8) is 0 Å². The van der Waals surface area contributed by atoms with Crippen molar-refractivity contribution in [3.05, 3.63) is 188 Å². The van der Waals surface area contributed by atoms with Gasteiger partial charge in [0, 0.05) is 49.1 Å². The van der Waals surface area contributed by atoms with Crippen LogP contribution in [-0.4, -0.2) is 19.1 Å². The molecule has 3 aromatic heterocycles. The van der Waals surface area contributed by atoms with Crippen molar-refractivity contribution in [1.29, 1.82) is 0 Å². The van der Waals surface area contributed by atoms with Crippen molar-refractivity contribution in [2.24, 2.45) is 0 Å². The molecule has 0 saturated carbocycles. The molecule has 0 aliphatic heterocycles. The highest BCUT2D eigenvalue weighted by molar-refractivity contribution is 6.26. The highest BCUT2D eigenvalue weighted by Crippen LogP contribution is 2.44. The molecular formula is C50H34N4. The summed E-state index contributed by atoms with van der Waals surface area (Å²) in [6.45, 7) is 0. The largest absolute Gasteiger partial charge is 0.333 e. The number of nitrogens with zero attached hydrogens (tertiary/aromatic N) is 4. The summed E-state index contributed by atoms with van der Waals surface area (Å²) in [6.07, 6.45) is 9.93. The van der Waals surface area contributed by atoms with E-state index in [1.54, 1.807) is 0 Å². The average Bonchev–Trinajstić information content (AvgIpc) is 3.77. The molecule has 254 valence electrons. The Bertz CT molecular complexity index is 3070. The lowest BCUT2D eigenvalue weighted by molar-refractivity contribution is 0.649. The fraction of sp³-hybridized carbons (Fsp3) is 0.0400. The first-order valence-electron chi connectivity index (χ1n) is 18.6. The van der Waals surface area contributed by atoms with E-state index in [9.17, 15) is 0 Å². The Hall–Kier alpha value is -7.04. The third-order valence-corrected chi connectivity index (χ3v) is 11.0. The number of benzene rings is 7. The van der Waals surface area contributed by atoms with E-state index in [4.69, 9.17) is 9.97 Å². The molecular weight excluding hydrogens is 657 g/mol. The van der Waals surface area contributed by atoms with Crippen LogP contribution < -0.4 is 0 Å². The summed E-state index contributed by atoms with van der Waals surface area (Å²) >= 11 is 0. The van der Waals surface area contributed by atoms with E-state index in [1.807, 2.05) is 12.1 Å². The summed E-state index contributed by atoms with van der Waals surface area (Å²) in [5.41, 5.74) is 10.9. The van der Waals surface area contributed by atoms with Crippen molar-refractivity contribution < 1.29 is 0 Å². The van der Waals surface area contributed by atoms with Gasteiger partial charge in [0.2, 0.25) is 0 Å². The number of aromatic nitrogens is 4. The highest BCUT2D eigenvalue weighted by atomic mass is 15.0. The van der Waals surface area contributed by atoms with Crippen molar-refractivity contribution in [3.8, 4) is 39.6 Å². The molecule has 3 heterocycles. The Morgan fingerprint density at radius 2 is 1.13 bits per heavy atom. The van der Waals surface area contributed by atoms with Crippen molar-refractivity contribution in [2.75, 3.05) is 0 Å². The fourth-order valence-corrected chi connectivity index (χ4v) is 8.60. The van der Waals surface area contributed by atoms with E-state index in [1.165, 1.54) is 49.0 Å². The minimum absolute atomic E-state index is 0.224. The standard InChI is InChI=1S/C50H34N4/c1-4-16-33(17-5-1)42-32-43(34-18-6-2-7-19-34)52-50(51-42)36-30-35-20-10-11-23-38(35)47(31-36)54-45-27-15-13-25-41(45)48-46(54)29-28-40-39-24-12-14-26-44(39)53(49(40)48)37-21-8-3-9-22-37/h1-21,23-32,37H,22H2. The van der Waals surface area contributed by atoms with Crippen LogP contribution in [0.1, 0.15) is 12.5 Å². The molecule has 0 radical (unpaired) electrons. The molecule has 0 fully saturated rings. The summed E-state index contributed by atoms with van der Waals surface area (Å²) in [7, 11) is 0. The molecule has 0 N–H and O–H groups in total. The van der Waals surface area contributed by atoms with Crippen LogP contribution in [0.2, 0.25) is 0 Å². The fourth-order valence-electron chi connectivity index (χ4n) is 8.60. The minimum atomic E-state index is 0.224. The van der Waals surface area contributed by atoms with Gasteiger partial charge in [-0.05, 0) is 48.2 Å². The van der Waals surface area contributed by atoms with Gasteiger partial charge in [-0.25, -0.2) is 9.97 Å². The normalized spacial score (nSPS) is 14.3. The maximum Gasteiger partial charge on any atom is 0.160 e. The number of hydrogen-bond donors (Lipinski definition) is 0. The second-order valence-electron chi connectivity index (χ2n) is 14.1. The topological polar surface area (TPSA) is 35.6 Å². The lowest BCUT2D eigenvalue weighted by atomic mass is 10.0. The summed E-state index contributed by atoms with van der Waals surface area (Å²) < 4.78 is 5.04. The molecule has 1 aliphatic rings. The molecule has 10 aromatic rings. The Morgan fingerprint density at radius 1 is 0.481 bits per heavy atom. The number of allylic oxidation sites excluding steroid dienone is 4. The first-order valence-corrected chi connectivity index (χ1v) is 18.6. The highest BCUT2D eigenvalue weighted by Gasteiger charge is 2.24. The predicted molar refractivity (Wildman–Crippen MR) is 225 cm³/mol. The molecule has 1 unspecified atom stereocenters. The lowest BCUT2D eigenvalue weighted by Crippen LogP contribution is -2.07. The van der Waals surface area contributed by atoms with Gasteiger partial charge in [0.25, 0.3) is 0 Å². The molecule has 7 aromatic carbocycles. The van der Waals surface area contributed by atoms with Crippen molar-refractivity contribution in [2.45, 2.75) is 12.5 Å². The number of rotatable bonds is 5. The van der Waals surface area contributed by atoms with Crippen molar-refractivity contribution >= 4 is 54.4 Å². The molecule has 0 spiro atoms. The SMILES string of the molecule is C1=CCC(n2c3ccccc3c3ccc4c(c5ccccc5n4-c4cc(-c5nc(-c6ccccc6)cc(-c6ccccc6)n5)cc5ccccc45)c32)C=C1. The van der Waals surface area contributed by atoms with Gasteiger partial charge >= 0.3 is 0 Å². The maximum absolute atomic E-state index is 5.25. The van der Waals surface area contributed by atoms with Gasteiger partial charge in [-0.15, -0.1) is 0 Å². The number of fused-ring (bicyclic) bond motifs is 8. The second-order valence-corrected chi connectivity index (χ2v) is 14.1. The Morgan fingerprint density at radius 3 is 1.85 bits per heavy atom. The Labute approximate surface area is 312 Å². The molecule has 4 heteroatoms. The predicted octanol–water partition coefficient (Wildman–Crippen LogP) is 12.9. The maximum atomic E-state index is 5.25. The van der Waals surface area contributed by atoms with Gasteiger partial charge in [0.15, 0.2) is 5.82 Å². The Kier molecular flexibility index (Phi) is 6.96. The summed E-state index contributed by atoms with van der Waals surface area (Å²) in [5, 5.41) is 7.38. The monoisotopic (exact) mass is 690 g/mol. The van der Waals surface area contributed by atoms with E-state index in [0.29, 0.717) is 5.82 Å². The zero-order chi connectivity index (χ0) is 35.6. The van der Waals surface area contributed by atoms with Gasteiger partial charge in [-0.3, -0.25) is 0 Å². The van der Waals surface area contributed by atoms with Gasteiger partial charge in [0.1, 0.15) is 0 Å². The molecule has 0 saturated heterocycles. The van der Waals surface area contributed by atoms with Gasteiger partial charge < -0.3 is 9.13 Å². The van der Waals surface area contributed by atoms with E-state index in [-0.39, 0.29) is 6.04 Å². The first kappa shape index (κ1) is 30.6. The van der Waals surface area contributed by atoms with Crippen LogP contribution in [0.5, 0.6) is 0 Å². The molecule has 4 nitrogen and oxygen atoms in total. The van der Waals surface area contributed by atoms with Crippen LogP contribution in [-0.2, 0) is 0 Å². The smallest absolute Gasteiger partial charge is 0.160 e. The van der Waals surface area contributed by atoms with E-state index < -0.39 is 0 Å². The van der Waals surface area contributed by atoms with Crippen LogP contribution >= 0.6 is 0 Å². The zero-order valence-electron chi connectivity index (χ0n) is 29.5. The van der Waals surface area contributed by atoms with Crippen molar-refractivity contribution in [1.82, 2.24) is 19.1 Å². The minimum Gasteiger partial charge on any atom is -0.333 e. The summed E-state index contributed by atoms with van der Waals surface area (Å²) in [6, 6.07) is 58.8. The first-order chi connectivity index (χ1) is 26.8. The molecule has 0 bridgehead atoms. The molecule has 0 amide bonds. The summed E-state index contributed by atoms with van der Waals surface area (Å²) in [5.74, 6) is 0.697. The summed E-state index contributed by atoms with van der Waals surface area (Å²) in [4.78, 5) is 10.5. The third kappa shape index (κ3) is 4.77. The number of para-hydroxylation sites is 2. The zero-order valence-corrected chi connectivity index (χ0v) is 29.5. The van der Waals surface area contributed by atoms with Crippen LogP contribution in [0, 0.1) is 0 Å². The third-order valence-electron chi connectivity index (χ3n) is 11.0. The van der Waals surface area contributed by atoms with Gasteiger partial charge in [-0.2, -0.15) is 0 Å². The quantitative estimate of drug-likeness (QED) is 0.180. The molecule has 1 aliphatic carbocycles. The van der Waals surface area contributed by atoms with Gasteiger partial charge in [0.05, 0.1) is 39.7 Å². The van der Waals surface area contributed by atoms with Crippen LogP contribution in [0.4, 0.5) is 0 Å². The van der Waals surface area contributed by atoms with Crippen LogP contribution in [0.15, 0.2) is 188 Å². The van der Waals surface area contributed by atoms with Crippen LogP contribution in [0.25, 0.3) is 94.0 Å². The van der Waals surface area contributed by atoms with E-state index in [2.05, 4.69) is 185 Å². The molecule has 1 atom stereocenters. The lowest BCUT2D eigenvalue weighted by Gasteiger charge is -2.19. The molecule has 54 heavy (non-hydrogen) atoms. The molecule has 11 rings (SSSR count).